The van der Waals surface area contributed by atoms with E-state index < -0.39 is 16.6 Å². The monoisotopic (exact) mass is 979 g/mol. The maximum atomic E-state index is 7.75. The Kier molecular flexibility index (Phi) is 14.4. The molecule has 0 amide bonds. The summed E-state index contributed by atoms with van der Waals surface area (Å²) in [7, 11) is -3.32. The highest BCUT2D eigenvalue weighted by Gasteiger charge is 2.37. The van der Waals surface area contributed by atoms with Crippen LogP contribution >= 0.6 is 16.6 Å². The Bertz CT molecular complexity index is 2660. The molecular formula is C62H92O5P2. The van der Waals surface area contributed by atoms with Gasteiger partial charge in [-0.1, -0.05) is 204 Å². The minimum atomic E-state index is -2.12. The highest BCUT2D eigenvalue weighted by Crippen LogP contribution is 2.57. The zero-order valence-corrected chi connectivity index (χ0v) is 50.0. The third kappa shape index (κ3) is 12.2. The number of rotatable bonds is 5. The number of fused-ring (bicyclic) bond motifs is 3. The van der Waals surface area contributed by atoms with E-state index in [2.05, 4.69) is 229 Å². The van der Waals surface area contributed by atoms with Crippen molar-refractivity contribution in [3.05, 3.63) is 93.0 Å². The Morgan fingerprint density at radius 2 is 0.725 bits per heavy atom. The molecule has 69 heavy (non-hydrogen) atoms. The molecule has 0 saturated carbocycles. The average Bonchev–Trinajstić information content (AvgIpc) is 3.31. The van der Waals surface area contributed by atoms with Crippen LogP contribution in [0.4, 0.5) is 0 Å². The van der Waals surface area contributed by atoms with E-state index in [-0.39, 0.29) is 48.7 Å². The molecule has 1 unspecified atom stereocenters. The summed E-state index contributed by atoms with van der Waals surface area (Å²) < 4.78 is 36.8. The zero-order valence-electron chi connectivity index (χ0n) is 48.2. The fraction of sp³-hybridized carbons (Fsp3) is 0.613. The van der Waals surface area contributed by atoms with Crippen molar-refractivity contribution in [2.75, 3.05) is 12.8 Å². The van der Waals surface area contributed by atoms with Gasteiger partial charge in [-0.3, -0.25) is 0 Å². The van der Waals surface area contributed by atoms with Gasteiger partial charge in [-0.15, -0.1) is 0 Å². The minimum Gasteiger partial charge on any atom is -0.446 e. The highest BCUT2D eigenvalue weighted by atomic mass is 31.2. The molecule has 0 aliphatic carbocycles. The van der Waals surface area contributed by atoms with E-state index in [1.807, 2.05) is 0 Å². The smallest absolute Gasteiger partial charge is 0.446 e. The molecule has 5 nitrogen and oxygen atoms in total. The molecule has 0 N–H and O–H groups in total. The Morgan fingerprint density at radius 1 is 0.406 bits per heavy atom. The van der Waals surface area contributed by atoms with E-state index in [0.29, 0.717) is 6.61 Å². The van der Waals surface area contributed by atoms with E-state index >= 15 is 0 Å². The molecule has 1 saturated heterocycles. The van der Waals surface area contributed by atoms with Crippen LogP contribution in [0.5, 0.6) is 11.5 Å². The molecule has 0 radical (unpaired) electrons. The van der Waals surface area contributed by atoms with Gasteiger partial charge < -0.3 is 22.0 Å². The molecule has 2 heterocycles. The van der Waals surface area contributed by atoms with Crippen LogP contribution in [0.1, 0.15) is 231 Å². The molecule has 380 valence electrons. The van der Waals surface area contributed by atoms with E-state index in [9.17, 15) is 0 Å². The van der Waals surface area contributed by atoms with Crippen molar-refractivity contribution in [2.45, 2.75) is 230 Å². The topological polar surface area (TPSA) is 54.0 Å². The van der Waals surface area contributed by atoms with E-state index in [1.54, 1.807) is 0 Å². The molecule has 1 aliphatic rings. The lowest BCUT2D eigenvalue weighted by Crippen LogP contribution is -2.26. The summed E-state index contributed by atoms with van der Waals surface area (Å²) in [6.07, 6.45) is 1.92. The molecular weight excluding hydrogens is 887 g/mol. The molecule has 1 aromatic heterocycles. The van der Waals surface area contributed by atoms with E-state index in [4.69, 9.17) is 22.0 Å². The molecule has 6 rings (SSSR count). The van der Waals surface area contributed by atoms with Gasteiger partial charge in [0.05, 0.1) is 6.61 Å². The Morgan fingerprint density at radius 3 is 1.03 bits per heavy atom. The molecule has 1 aliphatic heterocycles. The lowest BCUT2D eigenvalue weighted by atomic mass is 9.75. The zero-order chi connectivity index (χ0) is 52.2. The van der Waals surface area contributed by atoms with E-state index in [0.717, 1.165) is 79.4 Å². The minimum absolute atomic E-state index is 0.109. The number of hydrogen-bond acceptors (Lipinski definition) is 5. The predicted octanol–water partition coefficient (Wildman–Crippen LogP) is 20.3. The molecule has 7 heteroatoms. The summed E-state index contributed by atoms with van der Waals surface area (Å²) in [6.45, 7) is 60.4. The van der Waals surface area contributed by atoms with Crippen molar-refractivity contribution in [2.24, 2.45) is 5.41 Å². The van der Waals surface area contributed by atoms with Gasteiger partial charge in [0.1, 0.15) is 22.7 Å². The fourth-order valence-corrected chi connectivity index (χ4v) is 12.0. The third-order valence-electron chi connectivity index (χ3n) is 13.9. The van der Waals surface area contributed by atoms with Gasteiger partial charge in [0.15, 0.2) is 0 Å². The van der Waals surface area contributed by atoms with Crippen molar-refractivity contribution in [1.29, 1.82) is 0 Å². The first-order valence-corrected chi connectivity index (χ1v) is 28.1. The largest absolute Gasteiger partial charge is 0.453 e. The summed E-state index contributed by atoms with van der Waals surface area (Å²) in [4.78, 5) is 0. The lowest BCUT2D eigenvalue weighted by molar-refractivity contribution is 0.155. The third-order valence-corrected chi connectivity index (χ3v) is 16.3. The normalized spacial score (nSPS) is 16.9. The van der Waals surface area contributed by atoms with Gasteiger partial charge in [0, 0.05) is 50.3 Å². The van der Waals surface area contributed by atoms with Crippen LogP contribution in [0.2, 0.25) is 0 Å². The van der Waals surface area contributed by atoms with Crippen molar-refractivity contribution in [3.8, 4) is 22.6 Å². The summed E-state index contributed by atoms with van der Waals surface area (Å²) in [5.41, 5.74) is 11.6. The molecule has 1 atom stereocenters. The maximum absolute atomic E-state index is 7.75. The molecule has 4 aromatic carbocycles. The summed E-state index contributed by atoms with van der Waals surface area (Å²) in [5.74, 6) is 1.63. The second-order valence-electron chi connectivity index (χ2n) is 29.4. The standard InChI is InChI=1S/C62H92O5P2/c1-54(2,3)38-29-42(50(46(33-38)58(13,14)15)64-68-28-27-62(25,26)37-63-68)43-30-39(55(4,5)6)34-47(59(16,17)18)51(43)65-69-66-52-44(31-40(56(7,8)9)35-48(52)60(19,20)21)45-32-41(57(10,11)12)36-49(53(45)67-69)61(22,23)24/h29-36H,27-28,37H2,1-26H3. The van der Waals surface area contributed by atoms with Crippen LogP contribution in [0.15, 0.2) is 56.9 Å². The van der Waals surface area contributed by atoms with E-state index in [1.165, 1.54) is 22.3 Å². The Labute approximate surface area is 422 Å². The predicted molar refractivity (Wildman–Crippen MR) is 301 cm³/mol. The highest BCUT2D eigenvalue weighted by molar-refractivity contribution is 7.47. The Hall–Kier alpha value is -3.23. The van der Waals surface area contributed by atoms with Gasteiger partial charge in [-0.05, 0) is 102 Å². The van der Waals surface area contributed by atoms with Gasteiger partial charge in [-0.2, -0.15) is 0 Å². The van der Waals surface area contributed by atoms with Crippen molar-refractivity contribution in [3.63, 3.8) is 0 Å². The maximum Gasteiger partial charge on any atom is 0.453 e. The molecule has 0 bridgehead atoms. The van der Waals surface area contributed by atoms with Crippen LogP contribution in [-0.2, 0) is 47.8 Å². The van der Waals surface area contributed by atoms with Crippen LogP contribution < -0.4 is 9.05 Å². The summed E-state index contributed by atoms with van der Waals surface area (Å²) in [5, 5.41) is 2.10. The van der Waals surface area contributed by atoms with Crippen LogP contribution in [-0.4, -0.2) is 12.8 Å². The van der Waals surface area contributed by atoms with Gasteiger partial charge >= 0.3 is 8.24 Å². The van der Waals surface area contributed by atoms with Crippen LogP contribution in [0.25, 0.3) is 33.1 Å². The summed E-state index contributed by atoms with van der Waals surface area (Å²) in [6, 6.07) is 19.0. The number of hydrogen-bond donors (Lipinski definition) is 0. The second-order valence-corrected chi connectivity index (χ2v) is 32.0. The van der Waals surface area contributed by atoms with Gasteiger partial charge in [0.25, 0.3) is 0 Å². The fourth-order valence-electron chi connectivity index (χ4n) is 8.90. The molecule has 0 spiro atoms. The Balaban J connectivity index is 1.87. The lowest BCUT2D eigenvalue weighted by Gasteiger charge is -2.36. The molecule has 5 aromatic rings. The van der Waals surface area contributed by atoms with Crippen molar-refractivity contribution >= 4 is 38.6 Å². The summed E-state index contributed by atoms with van der Waals surface area (Å²) >= 11 is 0. The average molecular weight is 979 g/mol. The first-order chi connectivity index (χ1) is 31.0. The quantitative estimate of drug-likeness (QED) is 0.164. The number of benzene rings is 4. The van der Waals surface area contributed by atoms with Crippen molar-refractivity contribution < 1.29 is 22.0 Å². The SMILES string of the molecule is CC1(C)CCP(Oc2c(-c3cc(C(C)(C)C)cc(C(C)(C)C)c3Op3oc4c(C(C)(C)C)cc(C(C)(C)C)cc4c4cc(C(C)(C)C)cc(C(C)(C)C)c4o3)cc(C(C)(C)C)cc2C(C)(C)C)OC1. The van der Waals surface area contributed by atoms with Crippen molar-refractivity contribution in [1.82, 2.24) is 0 Å². The second kappa shape index (κ2) is 18.1. The molecule has 1 fully saturated rings. The van der Waals surface area contributed by atoms with Gasteiger partial charge in [-0.25, -0.2) is 0 Å². The first-order valence-electron chi connectivity index (χ1n) is 25.7. The first kappa shape index (κ1) is 55.1. The van der Waals surface area contributed by atoms with Gasteiger partial charge in [0.2, 0.25) is 8.38 Å². The van der Waals surface area contributed by atoms with Crippen LogP contribution in [0.3, 0.4) is 0 Å². The van der Waals surface area contributed by atoms with Crippen LogP contribution in [0, 0.1) is 5.41 Å².